The first-order valence-corrected chi connectivity index (χ1v) is 10.4. The van der Waals surface area contributed by atoms with Crippen molar-refractivity contribution in [3.05, 3.63) is 70.3 Å². The second kappa shape index (κ2) is 8.16. The summed E-state index contributed by atoms with van der Waals surface area (Å²) in [6.45, 7) is 10.5. The summed E-state index contributed by atoms with van der Waals surface area (Å²) in [7, 11) is 1.75. The maximum absolute atomic E-state index is 14.1. The number of halogens is 2. The van der Waals surface area contributed by atoms with Crippen molar-refractivity contribution in [2.75, 3.05) is 7.11 Å². The van der Waals surface area contributed by atoms with Gasteiger partial charge in [0.05, 0.1) is 7.11 Å². The molecule has 1 heterocycles. The molecule has 0 saturated carbocycles. The Hall–Kier alpha value is -1.78. The molecule has 1 aliphatic rings. The Morgan fingerprint density at radius 2 is 1.48 bits per heavy atom. The highest BCUT2D eigenvalue weighted by Crippen LogP contribution is 2.45. The summed E-state index contributed by atoms with van der Waals surface area (Å²) in [5.74, 6) is -0.981. The van der Waals surface area contributed by atoms with Crippen molar-refractivity contribution in [1.29, 1.82) is 0 Å². The first-order chi connectivity index (χ1) is 13.5. The van der Waals surface area contributed by atoms with E-state index in [-0.39, 0.29) is 11.1 Å². The number of hydroxylamine groups is 2. The van der Waals surface area contributed by atoms with E-state index < -0.39 is 11.6 Å². The van der Waals surface area contributed by atoms with Gasteiger partial charge >= 0.3 is 0 Å². The van der Waals surface area contributed by atoms with Gasteiger partial charge in [-0.1, -0.05) is 36.4 Å². The zero-order valence-electron chi connectivity index (χ0n) is 18.5. The molecule has 0 bridgehead atoms. The molecule has 0 aliphatic carbocycles. The van der Waals surface area contributed by atoms with Crippen molar-refractivity contribution in [2.24, 2.45) is 0 Å². The van der Waals surface area contributed by atoms with Crippen molar-refractivity contribution in [1.82, 2.24) is 5.06 Å². The van der Waals surface area contributed by atoms with Crippen LogP contribution in [0.2, 0.25) is 0 Å². The number of nitrogens with zero attached hydrogens (tertiary/aromatic N) is 1. The molecule has 2 aromatic rings. The van der Waals surface area contributed by atoms with Gasteiger partial charge in [0.2, 0.25) is 0 Å². The van der Waals surface area contributed by atoms with E-state index in [4.69, 9.17) is 4.84 Å². The van der Waals surface area contributed by atoms with E-state index in [0.717, 1.165) is 18.4 Å². The third-order valence-electron chi connectivity index (χ3n) is 6.26. The summed E-state index contributed by atoms with van der Waals surface area (Å²) in [6.07, 6.45) is 3.24. The highest BCUT2D eigenvalue weighted by Gasteiger charge is 2.46. The number of aryl methyl sites for hydroxylation is 3. The first-order valence-electron chi connectivity index (χ1n) is 10.4. The number of benzene rings is 2. The molecule has 1 saturated heterocycles. The third kappa shape index (κ3) is 4.54. The zero-order chi connectivity index (χ0) is 21.4. The molecular weight excluding hydrogens is 368 g/mol. The summed E-state index contributed by atoms with van der Waals surface area (Å²) in [5, 5.41) is 2.13. The first kappa shape index (κ1) is 21.9. The highest BCUT2D eigenvalue weighted by molar-refractivity contribution is 5.30. The second-order valence-corrected chi connectivity index (χ2v) is 9.62. The third-order valence-corrected chi connectivity index (χ3v) is 6.26. The summed E-state index contributed by atoms with van der Waals surface area (Å²) in [5.41, 5.74) is 3.16. The molecule has 0 aromatic heterocycles. The van der Waals surface area contributed by atoms with Gasteiger partial charge < -0.3 is 4.84 Å². The second-order valence-electron chi connectivity index (χ2n) is 9.62. The normalized spacial score (nSPS) is 19.4. The molecule has 3 rings (SSSR count). The van der Waals surface area contributed by atoms with Crippen LogP contribution in [0.25, 0.3) is 0 Å². The molecule has 2 aromatic carbocycles. The van der Waals surface area contributed by atoms with Crippen LogP contribution in [-0.4, -0.2) is 23.3 Å². The van der Waals surface area contributed by atoms with Crippen LogP contribution in [0.5, 0.6) is 0 Å². The van der Waals surface area contributed by atoms with Crippen molar-refractivity contribution in [3.63, 3.8) is 0 Å². The fourth-order valence-corrected chi connectivity index (χ4v) is 5.11. The van der Waals surface area contributed by atoms with Crippen LogP contribution in [0.15, 0.2) is 36.4 Å². The van der Waals surface area contributed by atoms with Gasteiger partial charge in [0.25, 0.3) is 0 Å². The standard InChI is InChI=1S/C25H33F2NO/c1-17-7-11-20(23(27)22(17)26)14-10-18-8-12-19(13-9-18)21-15-24(2,3)28(29-6)25(4,5)16-21/h7-9,11-13,21H,10,14-16H2,1-6H3. The highest BCUT2D eigenvalue weighted by atomic mass is 19.2. The minimum absolute atomic E-state index is 0.0487. The van der Waals surface area contributed by atoms with E-state index in [0.29, 0.717) is 29.9 Å². The van der Waals surface area contributed by atoms with Crippen molar-refractivity contribution in [3.8, 4) is 0 Å². The van der Waals surface area contributed by atoms with Crippen LogP contribution in [0.3, 0.4) is 0 Å². The van der Waals surface area contributed by atoms with E-state index in [1.165, 1.54) is 5.56 Å². The van der Waals surface area contributed by atoms with E-state index in [1.807, 2.05) is 0 Å². The lowest BCUT2D eigenvalue weighted by Crippen LogP contribution is -2.59. The van der Waals surface area contributed by atoms with Crippen molar-refractivity contribution >= 4 is 0 Å². The monoisotopic (exact) mass is 401 g/mol. The largest absolute Gasteiger partial charge is 0.301 e. The molecule has 0 atom stereocenters. The predicted octanol–water partition coefficient (Wildman–Crippen LogP) is 6.36. The molecule has 1 aliphatic heterocycles. The topological polar surface area (TPSA) is 12.5 Å². The van der Waals surface area contributed by atoms with Gasteiger partial charge in [-0.25, -0.2) is 8.78 Å². The lowest BCUT2D eigenvalue weighted by molar-refractivity contribution is -0.266. The Morgan fingerprint density at radius 1 is 0.897 bits per heavy atom. The Bertz CT molecular complexity index is 840. The van der Waals surface area contributed by atoms with Crippen molar-refractivity contribution < 1.29 is 13.6 Å². The molecule has 0 unspecified atom stereocenters. The van der Waals surface area contributed by atoms with E-state index in [1.54, 1.807) is 26.2 Å². The Balaban J connectivity index is 1.70. The average molecular weight is 402 g/mol. The average Bonchev–Trinajstić information content (AvgIpc) is 2.64. The maximum Gasteiger partial charge on any atom is 0.162 e. The van der Waals surface area contributed by atoms with E-state index in [9.17, 15) is 8.78 Å². The molecule has 2 nitrogen and oxygen atoms in total. The van der Waals surface area contributed by atoms with Crippen LogP contribution in [0.4, 0.5) is 8.78 Å². The number of hydrogen-bond donors (Lipinski definition) is 0. The van der Waals surface area contributed by atoms with E-state index in [2.05, 4.69) is 57.0 Å². The van der Waals surface area contributed by atoms with Crippen LogP contribution in [0, 0.1) is 18.6 Å². The number of rotatable bonds is 5. The van der Waals surface area contributed by atoms with Gasteiger partial charge in [-0.2, -0.15) is 5.06 Å². The summed E-state index contributed by atoms with van der Waals surface area (Å²) in [6, 6.07) is 12.0. The van der Waals surface area contributed by atoms with Gasteiger partial charge in [0.15, 0.2) is 11.6 Å². The molecular formula is C25H33F2NO. The molecule has 0 N–H and O–H groups in total. The Labute approximate surface area is 173 Å². The molecule has 4 heteroatoms. The minimum atomic E-state index is -0.731. The SMILES string of the molecule is CON1C(C)(C)CC(c2ccc(CCc3ccc(C)c(F)c3F)cc2)CC1(C)C. The summed E-state index contributed by atoms with van der Waals surface area (Å²) >= 11 is 0. The van der Waals surface area contributed by atoms with Crippen LogP contribution in [-0.2, 0) is 17.7 Å². The Kier molecular flexibility index (Phi) is 6.16. The van der Waals surface area contributed by atoms with Gasteiger partial charge in [0, 0.05) is 11.1 Å². The fourth-order valence-electron chi connectivity index (χ4n) is 5.11. The van der Waals surface area contributed by atoms with Gasteiger partial charge in [-0.3, -0.25) is 0 Å². The lowest BCUT2D eigenvalue weighted by atomic mass is 9.72. The van der Waals surface area contributed by atoms with E-state index >= 15 is 0 Å². The lowest BCUT2D eigenvalue weighted by Gasteiger charge is -2.53. The maximum atomic E-state index is 14.1. The van der Waals surface area contributed by atoms with Crippen LogP contribution >= 0.6 is 0 Å². The molecule has 0 radical (unpaired) electrons. The zero-order valence-corrected chi connectivity index (χ0v) is 18.5. The van der Waals surface area contributed by atoms with Crippen LogP contribution < -0.4 is 0 Å². The van der Waals surface area contributed by atoms with Gasteiger partial charge in [-0.15, -0.1) is 0 Å². The smallest absolute Gasteiger partial charge is 0.162 e. The quantitative estimate of drug-likeness (QED) is 0.578. The Morgan fingerprint density at radius 3 is 2.03 bits per heavy atom. The minimum Gasteiger partial charge on any atom is -0.301 e. The molecule has 1 fully saturated rings. The van der Waals surface area contributed by atoms with Crippen molar-refractivity contribution in [2.45, 2.75) is 77.3 Å². The molecule has 158 valence electrons. The van der Waals surface area contributed by atoms with Gasteiger partial charge in [-0.05, 0) is 88.5 Å². The number of piperidine rings is 1. The fraction of sp³-hybridized carbons (Fsp3) is 0.520. The molecule has 0 spiro atoms. The summed E-state index contributed by atoms with van der Waals surface area (Å²) < 4.78 is 27.9. The predicted molar refractivity (Wildman–Crippen MR) is 114 cm³/mol. The van der Waals surface area contributed by atoms with Gasteiger partial charge in [0.1, 0.15) is 0 Å². The van der Waals surface area contributed by atoms with Crippen LogP contribution in [0.1, 0.15) is 68.7 Å². The summed E-state index contributed by atoms with van der Waals surface area (Å²) in [4.78, 5) is 5.70. The molecule has 0 amide bonds. The molecule has 29 heavy (non-hydrogen) atoms. The number of hydrogen-bond acceptors (Lipinski definition) is 2.